The number of phenolic OH excluding ortho intramolecular Hbond substituents is 1. The van der Waals surface area contributed by atoms with E-state index in [9.17, 15) is 5.11 Å². The Balaban J connectivity index is 0.000000282. The molecule has 2 aliphatic carbocycles. The zero-order valence-electron chi connectivity index (χ0n) is 28.7. The van der Waals surface area contributed by atoms with E-state index in [-0.39, 0.29) is 11.6 Å². The molecule has 2 saturated carbocycles. The molecule has 2 aromatic rings. The van der Waals surface area contributed by atoms with Crippen molar-refractivity contribution in [1.82, 2.24) is 19.8 Å². The summed E-state index contributed by atoms with van der Waals surface area (Å²) in [6, 6.07) is 7.75. The highest BCUT2D eigenvalue weighted by Crippen LogP contribution is 2.57. The number of para-hydroxylation sites is 1. The predicted molar refractivity (Wildman–Crippen MR) is 190 cm³/mol. The van der Waals surface area contributed by atoms with Gasteiger partial charge in [-0.3, -0.25) is 0 Å². The molecule has 3 heterocycles. The summed E-state index contributed by atoms with van der Waals surface area (Å²) in [5.74, 6) is 1.84. The normalized spacial score (nSPS) is 18.2. The number of aliphatic hydroxyl groups excluding tert-OH is 1. The van der Waals surface area contributed by atoms with E-state index in [1.807, 2.05) is 57.0 Å². The minimum absolute atomic E-state index is 0.110. The highest BCUT2D eigenvalue weighted by molar-refractivity contribution is 5.69. The van der Waals surface area contributed by atoms with Gasteiger partial charge in [-0.15, -0.1) is 0 Å². The Morgan fingerprint density at radius 3 is 2.02 bits per heavy atom. The number of hydrogen-bond acceptors (Lipinski definition) is 10. The van der Waals surface area contributed by atoms with Crippen molar-refractivity contribution in [3.05, 3.63) is 94.8 Å². The second kappa shape index (κ2) is 20.0. The molecular weight excluding hydrogens is 590 g/mol. The van der Waals surface area contributed by atoms with Crippen LogP contribution in [-0.4, -0.2) is 76.1 Å². The Bertz CT molecular complexity index is 1370. The highest BCUT2D eigenvalue weighted by atomic mass is 16.3. The second-order valence-electron chi connectivity index (χ2n) is 11.8. The number of allylic oxidation sites excluding steroid dienone is 1. The summed E-state index contributed by atoms with van der Waals surface area (Å²) < 4.78 is 0. The van der Waals surface area contributed by atoms with Gasteiger partial charge in [-0.2, -0.15) is 0 Å². The summed E-state index contributed by atoms with van der Waals surface area (Å²) in [5.41, 5.74) is 27.1. The third-order valence-corrected chi connectivity index (χ3v) is 9.12. The number of phenols is 1. The molecule has 1 aromatic carbocycles. The molecule has 0 amide bonds. The number of benzene rings is 1. The van der Waals surface area contributed by atoms with Gasteiger partial charge < -0.3 is 42.0 Å². The number of aryl methyl sites for hydroxylation is 1. The van der Waals surface area contributed by atoms with E-state index in [4.69, 9.17) is 27.1 Å². The van der Waals surface area contributed by atoms with Crippen molar-refractivity contribution in [3.63, 3.8) is 0 Å². The van der Waals surface area contributed by atoms with Crippen LogP contribution in [0.2, 0.25) is 0 Å². The SMILES string of the molecule is C=O.CC.CO.Cc1ncc(C2CCN(C3CC4(CCC4)C3)CC2)cn1.NC(N)=C(/C=C(\N)c1ccccc1O)N1CC=C=C=CC1. The minimum atomic E-state index is 0.110. The molecule has 6 rings (SSSR count). The van der Waals surface area contributed by atoms with E-state index in [0.717, 1.165) is 24.4 Å². The fraction of sp³-hybridized carbons (Fsp3) is 0.486. The molecule has 47 heavy (non-hydrogen) atoms. The predicted octanol–water partition coefficient (Wildman–Crippen LogP) is 4.71. The molecule has 2 aliphatic heterocycles. The largest absolute Gasteiger partial charge is 0.507 e. The van der Waals surface area contributed by atoms with Crippen LogP contribution in [0, 0.1) is 12.3 Å². The van der Waals surface area contributed by atoms with Crippen LogP contribution in [0.15, 0.2) is 77.9 Å². The van der Waals surface area contributed by atoms with Gasteiger partial charge >= 0.3 is 0 Å². The zero-order valence-corrected chi connectivity index (χ0v) is 28.7. The van der Waals surface area contributed by atoms with E-state index in [2.05, 4.69) is 26.3 Å². The number of aromatic hydroxyl groups is 1. The lowest BCUT2D eigenvalue weighted by Gasteiger charge is -2.58. The fourth-order valence-corrected chi connectivity index (χ4v) is 6.50. The Morgan fingerprint density at radius 2 is 1.53 bits per heavy atom. The number of nitrogens with two attached hydrogens (primary N) is 3. The summed E-state index contributed by atoms with van der Waals surface area (Å²) in [7, 11) is 1.00. The van der Waals surface area contributed by atoms with Crippen LogP contribution in [0.5, 0.6) is 5.75 Å². The van der Waals surface area contributed by atoms with Crippen molar-refractivity contribution in [2.24, 2.45) is 22.6 Å². The number of likely N-dealkylation sites (tertiary alicyclic amines) is 1. The molecule has 0 atom stereocenters. The Hall–Kier alpha value is -4.33. The number of carbonyl (C=O) groups is 1. The first-order chi connectivity index (χ1) is 22.8. The molecule has 256 valence electrons. The maximum absolute atomic E-state index is 9.84. The first-order valence-corrected chi connectivity index (χ1v) is 16.5. The molecule has 8 N–H and O–H groups in total. The molecule has 1 saturated heterocycles. The molecule has 1 spiro atoms. The van der Waals surface area contributed by atoms with Gasteiger partial charge in [0, 0.05) is 49.9 Å². The molecule has 0 radical (unpaired) electrons. The lowest BCUT2D eigenvalue weighted by Crippen LogP contribution is -2.55. The van der Waals surface area contributed by atoms with Crippen LogP contribution in [0.25, 0.3) is 5.70 Å². The quantitative estimate of drug-likeness (QED) is 0.227. The smallest absolute Gasteiger partial charge is 0.125 e. The van der Waals surface area contributed by atoms with Crippen molar-refractivity contribution in [3.8, 4) is 5.75 Å². The molecular formula is C37H55N7O3. The number of rotatable bonds is 5. The van der Waals surface area contributed by atoms with E-state index in [0.29, 0.717) is 36.0 Å². The second-order valence-corrected chi connectivity index (χ2v) is 11.8. The van der Waals surface area contributed by atoms with Gasteiger partial charge in [-0.05, 0) is 106 Å². The first kappa shape index (κ1) is 38.9. The maximum atomic E-state index is 9.84. The monoisotopic (exact) mass is 645 g/mol. The number of aromatic nitrogens is 2. The van der Waals surface area contributed by atoms with Gasteiger partial charge in [-0.25, -0.2) is 9.97 Å². The summed E-state index contributed by atoms with van der Waals surface area (Å²) >= 11 is 0. The van der Waals surface area contributed by atoms with Crippen molar-refractivity contribution in [1.29, 1.82) is 0 Å². The highest BCUT2D eigenvalue weighted by Gasteiger charge is 2.50. The van der Waals surface area contributed by atoms with Gasteiger partial charge in [-0.1, -0.05) is 43.9 Å². The van der Waals surface area contributed by atoms with Crippen LogP contribution in [-0.2, 0) is 4.79 Å². The fourth-order valence-electron chi connectivity index (χ4n) is 6.50. The molecule has 1 aromatic heterocycles. The van der Waals surface area contributed by atoms with Gasteiger partial charge in [0.05, 0.1) is 5.70 Å². The number of carbonyl (C=O) groups excluding carboxylic acids is 1. The number of nitrogens with zero attached hydrogens (tertiary/aromatic N) is 4. The topological polar surface area (TPSA) is 168 Å². The van der Waals surface area contributed by atoms with Crippen molar-refractivity contribution >= 4 is 12.5 Å². The lowest BCUT2D eigenvalue weighted by atomic mass is 9.53. The summed E-state index contributed by atoms with van der Waals surface area (Å²) in [4.78, 5) is 21.4. The van der Waals surface area contributed by atoms with Crippen LogP contribution in [0.4, 0.5) is 0 Å². The minimum Gasteiger partial charge on any atom is -0.507 e. The standard InChI is InChI=1S/C17H25N3.C16H18N4O.C2H6.CH4O.CH2O/c1-13-18-11-15(12-19-13)14-3-7-20(8-4-14)16-9-17(10-16)5-2-6-17;17-13(12-7-3-4-8-15(12)21)11-14(16(18)19)20-9-5-1-2-6-10-20;3*1-2/h11-12,14,16H,2-10H2,1H3;3-8,11,21H,9-10,17-19H2;1-2H3;2H,1H3;1H2/b;13-11-;;;. The van der Waals surface area contributed by atoms with Gasteiger partial charge in [0.1, 0.15) is 24.2 Å². The van der Waals surface area contributed by atoms with Gasteiger partial charge in [0.2, 0.25) is 0 Å². The summed E-state index contributed by atoms with van der Waals surface area (Å²) in [5, 5.41) is 16.8. The van der Waals surface area contributed by atoms with E-state index in [1.165, 1.54) is 63.6 Å². The molecule has 4 aliphatic rings. The molecule has 0 unspecified atom stereocenters. The molecule has 10 heteroatoms. The van der Waals surface area contributed by atoms with E-state index in [1.54, 1.807) is 30.3 Å². The molecule has 0 bridgehead atoms. The zero-order chi connectivity index (χ0) is 34.8. The van der Waals surface area contributed by atoms with Crippen LogP contribution < -0.4 is 17.2 Å². The van der Waals surface area contributed by atoms with Gasteiger partial charge in [0.15, 0.2) is 0 Å². The van der Waals surface area contributed by atoms with Crippen LogP contribution in [0.3, 0.4) is 0 Å². The average molecular weight is 646 g/mol. The van der Waals surface area contributed by atoms with E-state index < -0.39 is 0 Å². The summed E-state index contributed by atoms with van der Waals surface area (Å²) in [6.07, 6.45) is 19.5. The third kappa shape index (κ3) is 10.9. The Labute approximate surface area is 281 Å². The third-order valence-electron chi connectivity index (χ3n) is 9.12. The number of piperidine rings is 1. The van der Waals surface area contributed by atoms with Crippen molar-refractivity contribution < 1.29 is 15.0 Å². The maximum Gasteiger partial charge on any atom is 0.125 e. The van der Waals surface area contributed by atoms with Crippen molar-refractivity contribution in [2.45, 2.75) is 77.7 Å². The van der Waals surface area contributed by atoms with Gasteiger partial charge in [0.25, 0.3) is 0 Å². The summed E-state index contributed by atoms with van der Waals surface area (Å²) in [6.45, 7) is 11.7. The molecule has 10 nitrogen and oxygen atoms in total. The van der Waals surface area contributed by atoms with Crippen molar-refractivity contribution in [2.75, 3.05) is 33.3 Å². The van der Waals surface area contributed by atoms with Crippen LogP contribution >= 0.6 is 0 Å². The number of aliphatic hydroxyl groups is 1. The Morgan fingerprint density at radius 1 is 0.979 bits per heavy atom. The first-order valence-electron chi connectivity index (χ1n) is 16.5. The average Bonchev–Trinajstić information content (AvgIpc) is 3.36. The lowest BCUT2D eigenvalue weighted by molar-refractivity contribution is -0.0980. The van der Waals surface area contributed by atoms with Crippen LogP contribution in [0.1, 0.15) is 81.7 Å². The Kier molecular flexibility index (Phi) is 16.6. The molecule has 3 fully saturated rings. The number of hydrogen-bond donors (Lipinski definition) is 5. The van der Waals surface area contributed by atoms with E-state index >= 15 is 0 Å².